The van der Waals surface area contributed by atoms with Crippen LogP contribution >= 0.6 is 0 Å². The van der Waals surface area contributed by atoms with Gasteiger partial charge in [-0.05, 0) is 30.2 Å². The highest BCUT2D eigenvalue weighted by Crippen LogP contribution is 2.27. The molecule has 1 N–H and O–H groups in total. The van der Waals surface area contributed by atoms with E-state index in [1.54, 1.807) is 16.7 Å². The molecule has 158 valence electrons. The minimum absolute atomic E-state index is 0.00611. The van der Waals surface area contributed by atoms with Crippen LogP contribution in [0, 0.1) is 5.92 Å². The second-order valence-corrected chi connectivity index (χ2v) is 8.62. The number of aromatic nitrogens is 2. The van der Waals surface area contributed by atoms with Crippen LogP contribution in [0.4, 0.5) is 5.82 Å². The van der Waals surface area contributed by atoms with Gasteiger partial charge in [-0.1, -0.05) is 34.6 Å². The number of carbonyl (C=O) groups excluding carboxylic acids is 2. The number of carbonyl (C=O) groups is 2. The molecule has 29 heavy (non-hydrogen) atoms. The van der Waals surface area contributed by atoms with E-state index in [1.807, 2.05) is 44.2 Å². The highest BCUT2D eigenvalue weighted by atomic mass is 16.5. The fourth-order valence-corrected chi connectivity index (χ4v) is 2.86. The Bertz CT molecular complexity index is 848. The van der Waals surface area contributed by atoms with Crippen LogP contribution in [0.5, 0.6) is 5.75 Å². The van der Waals surface area contributed by atoms with Gasteiger partial charge in [-0.2, -0.15) is 5.10 Å². The third-order valence-corrected chi connectivity index (χ3v) is 4.43. The third kappa shape index (κ3) is 6.07. The van der Waals surface area contributed by atoms with Gasteiger partial charge in [0.15, 0.2) is 0 Å². The topological polar surface area (TPSA) is 76.5 Å². The van der Waals surface area contributed by atoms with Gasteiger partial charge in [-0.3, -0.25) is 9.59 Å². The van der Waals surface area contributed by atoms with E-state index in [0.717, 1.165) is 17.1 Å². The van der Waals surface area contributed by atoms with E-state index in [4.69, 9.17) is 9.84 Å². The van der Waals surface area contributed by atoms with Crippen LogP contribution in [0.1, 0.15) is 47.2 Å². The lowest BCUT2D eigenvalue weighted by atomic mass is 9.92. The number of ether oxygens (including phenoxy) is 1. The van der Waals surface area contributed by atoms with Crippen molar-refractivity contribution in [2.24, 2.45) is 5.92 Å². The maximum atomic E-state index is 12.7. The van der Waals surface area contributed by atoms with Crippen molar-refractivity contribution < 1.29 is 14.3 Å². The number of amides is 2. The van der Waals surface area contributed by atoms with Crippen LogP contribution in [0.2, 0.25) is 0 Å². The monoisotopic (exact) mass is 400 g/mol. The summed E-state index contributed by atoms with van der Waals surface area (Å²) in [7, 11) is 1.62. The molecule has 0 atom stereocenters. The van der Waals surface area contributed by atoms with Crippen LogP contribution in [0.15, 0.2) is 30.3 Å². The number of nitrogens with one attached hydrogen (secondary N) is 1. The molecule has 2 amide bonds. The molecular weight excluding hydrogens is 368 g/mol. The molecule has 0 aliphatic carbocycles. The number of hydrogen-bond acceptors (Lipinski definition) is 4. The zero-order valence-electron chi connectivity index (χ0n) is 18.4. The van der Waals surface area contributed by atoms with Gasteiger partial charge in [-0.25, -0.2) is 4.68 Å². The molecule has 0 aliphatic rings. The smallest absolute Gasteiger partial charge is 0.245 e. The van der Waals surface area contributed by atoms with Crippen molar-refractivity contribution in [2.45, 2.75) is 47.0 Å². The predicted molar refractivity (Wildman–Crippen MR) is 115 cm³/mol. The maximum Gasteiger partial charge on any atom is 0.245 e. The molecule has 0 bridgehead atoms. The molecule has 7 heteroatoms. The summed E-state index contributed by atoms with van der Waals surface area (Å²) in [5, 5.41) is 7.63. The lowest BCUT2D eigenvalue weighted by Crippen LogP contribution is -2.39. The van der Waals surface area contributed by atoms with Gasteiger partial charge in [0.25, 0.3) is 0 Å². The van der Waals surface area contributed by atoms with Crippen LogP contribution in [-0.2, 0) is 15.0 Å². The number of nitrogens with zero attached hydrogens (tertiary/aromatic N) is 3. The van der Waals surface area contributed by atoms with Crippen molar-refractivity contribution in [1.29, 1.82) is 0 Å². The molecule has 0 aliphatic heterocycles. The quantitative estimate of drug-likeness (QED) is 0.770. The number of rotatable bonds is 7. The van der Waals surface area contributed by atoms with Crippen LogP contribution in [0.25, 0.3) is 5.69 Å². The van der Waals surface area contributed by atoms with E-state index in [0.29, 0.717) is 12.4 Å². The summed E-state index contributed by atoms with van der Waals surface area (Å²) in [6.07, 6.45) is 0. The molecule has 0 saturated heterocycles. The first-order valence-corrected chi connectivity index (χ1v) is 9.81. The molecule has 2 aromatic rings. The van der Waals surface area contributed by atoms with Gasteiger partial charge in [0.1, 0.15) is 11.6 Å². The Morgan fingerprint density at radius 3 is 2.31 bits per heavy atom. The summed E-state index contributed by atoms with van der Waals surface area (Å²) < 4.78 is 6.93. The Balaban J connectivity index is 2.31. The molecule has 0 radical (unpaired) electrons. The first kappa shape index (κ1) is 22.5. The standard InChI is InChI=1S/C22H32N4O3/c1-15(2)13-25(16(3)27)14-21(28)23-20-12-19(22(4,5)6)24-26(20)17-8-10-18(29-7)11-9-17/h8-12,15H,13-14H2,1-7H3,(H,23,28). The Morgan fingerprint density at radius 1 is 1.21 bits per heavy atom. The van der Waals surface area contributed by atoms with E-state index in [1.165, 1.54) is 6.92 Å². The molecule has 0 fully saturated rings. The largest absolute Gasteiger partial charge is 0.497 e. The van der Waals surface area contributed by atoms with Crippen LogP contribution < -0.4 is 10.1 Å². The van der Waals surface area contributed by atoms with Crippen molar-refractivity contribution >= 4 is 17.6 Å². The first-order chi connectivity index (χ1) is 13.5. The molecule has 1 aromatic heterocycles. The summed E-state index contributed by atoms with van der Waals surface area (Å²) >= 11 is 0. The average molecular weight is 401 g/mol. The molecule has 7 nitrogen and oxygen atoms in total. The van der Waals surface area contributed by atoms with Crippen molar-refractivity contribution in [3.05, 3.63) is 36.0 Å². The number of hydrogen-bond donors (Lipinski definition) is 1. The normalized spacial score (nSPS) is 11.4. The van der Waals surface area contributed by atoms with Gasteiger partial charge in [-0.15, -0.1) is 0 Å². The minimum Gasteiger partial charge on any atom is -0.497 e. The maximum absolute atomic E-state index is 12.7. The number of benzene rings is 1. The zero-order chi connectivity index (χ0) is 21.8. The van der Waals surface area contributed by atoms with E-state index in [9.17, 15) is 9.59 Å². The van der Waals surface area contributed by atoms with Gasteiger partial charge in [0.2, 0.25) is 11.8 Å². The van der Waals surface area contributed by atoms with Crippen molar-refractivity contribution in [1.82, 2.24) is 14.7 Å². The highest BCUT2D eigenvalue weighted by Gasteiger charge is 2.22. The number of anilines is 1. The Morgan fingerprint density at radius 2 is 1.83 bits per heavy atom. The average Bonchev–Trinajstić information content (AvgIpc) is 3.04. The SMILES string of the molecule is COc1ccc(-n2nc(C(C)(C)C)cc2NC(=O)CN(CC(C)C)C(C)=O)cc1. The van der Waals surface area contributed by atoms with Gasteiger partial charge in [0, 0.05) is 24.9 Å². The Hall–Kier alpha value is -2.83. The lowest BCUT2D eigenvalue weighted by molar-refractivity contribution is -0.133. The molecule has 1 heterocycles. The second-order valence-electron chi connectivity index (χ2n) is 8.62. The fourth-order valence-electron chi connectivity index (χ4n) is 2.86. The molecule has 0 unspecified atom stereocenters. The molecule has 1 aromatic carbocycles. The first-order valence-electron chi connectivity index (χ1n) is 9.81. The van der Waals surface area contributed by atoms with Crippen molar-refractivity contribution in [2.75, 3.05) is 25.5 Å². The zero-order valence-corrected chi connectivity index (χ0v) is 18.4. The van der Waals surface area contributed by atoms with E-state index < -0.39 is 0 Å². The van der Waals surface area contributed by atoms with E-state index >= 15 is 0 Å². The third-order valence-electron chi connectivity index (χ3n) is 4.43. The second kappa shape index (κ2) is 9.11. The molecular formula is C22H32N4O3. The fraction of sp³-hybridized carbons (Fsp3) is 0.500. The van der Waals surface area contributed by atoms with Crippen molar-refractivity contribution in [3.8, 4) is 11.4 Å². The van der Waals surface area contributed by atoms with Gasteiger partial charge >= 0.3 is 0 Å². The lowest BCUT2D eigenvalue weighted by Gasteiger charge is -2.22. The minimum atomic E-state index is -0.254. The summed E-state index contributed by atoms with van der Waals surface area (Å²) in [6, 6.07) is 9.34. The van der Waals surface area contributed by atoms with E-state index in [-0.39, 0.29) is 29.7 Å². The summed E-state index contributed by atoms with van der Waals surface area (Å²) in [4.78, 5) is 26.1. The summed E-state index contributed by atoms with van der Waals surface area (Å²) in [5.74, 6) is 1.22. The van der Waals surface area contributed by atoms with Crippen molar-refractivity contribution in [3.63, 3.8) is 0 Å². The molecule has 0 spiro atoms. The summed E-state index contributed by atoms with van der Waals surface area (Å²) in [6.45, 7) is 12.3. The Kier molecular flexibility index (Phi) is 7.06. The number of methoxy groups -OCH3 is 1. The van der Waals surface area contributed by atoms with Crippen LogP contribution in [-0.4, -0.2) is 46.7 Å². The van der Waals surface area contributed by atoms with Gasteiger partial charge in [0.05, 0.1) is 25.0 Å². The molecule has 2 rings (SSSR count). The Labute approximate surface area is 173 Å². The van der Waals surface area contributed by atoms with Gasteiger partial charge < -0.3 is 15.0 Å². The predicted octanol–water partition coefficient (Wildman–Crippen LogP) is 3.62. The summed E-state index contributed by atoms with van der Waals surface area (Å²) in [5.41, 5.74) is 1.48. The van der Waals surface area contributed by atoms with E-state index in [2.05, 4.69) is 26.1 Å². The van der Waals surface area contributed by atoms with Crippen LogP contribution in [0.3, 0.4) is 0 Å². The molecule has 0 saturated carbocycles. The highest BCUT2D eigenvalue weighted by molar-refractivity contribution is 5.94.